The number of benzene rings is 1. The van der Waals surface area contributed by atoms with Gasteiger partial charge in [0.1, 0.15) is 10.3 Å². The van der Waals surface area contributed by atoms with E-state index in [1.165, 1.54) is 11.1 Å². The largest absolute Gasteiger partial charge is 0.356 e. The van der Waals surface area contributed by atoms with Crippen molar-refractivity contribution in [1.82, 2.24) is 15.3 Å². The van der Waals surface area contributed by atoms with E-state index in [4.69, 9.17) is 0 Å². The minimum Gasteiger partial charge on any atom is -0.356 e. The van der Waals surface area contributed by atoms with Crippen molar-refractivity contribution in [2.24, 2.45) is 5.92 Å². The molecule has 0 bridgehead atoms. The summed E-state index contributed by atoms with van der Waals surface area (Å²) < 4.78 is 0. The van der Waals surface area contributed by atoms with E-state index in [-0.39, 0.29) is 11.8 Å². The Balaban J connectivity index is 1.27. The number of nitrogens with one attached hydrogen (secondary N) is 1. The summed E-state index contributed by atoms with van der Waals surface area (Å²) in [5.41, 5.74) is 3.54. The fourth-order valence-corrected chi connectivity index (χ4v) is 4.54. The molecule has 6 heteroatoms. The predicted molar refractivity (Wildman–Crippen MR) is 110 cm³/mol. The summed E-state index contributed by atoms with van der Waals surface area (Å²) in [7, 11) is 0. The Morgan fingerprint density at radius 3 is 2.81 bits per heavy atom. The van der Waals surface area contributed by atoms with Gasteiger partial charge in [-0.2, -0.15) is 0 Å². The number of amides is 1. The zero-order chi connectivity index (χ0) is 18.6. The number of aryl methyl sites for hydroxylation is 1. The standard InChI is InChI=1S/C21H24N4OS/c1-15-5-2-3-6-16(15)8-12-22-19(26)17-9-13-25(14-10-17)21-24-18-7-4-11-23-20(18)27-21/h2-7,11,17H,8-10,12-14H2,1H3,(H,22,26). The third-order valence-electron chi connectivity index (χ3n) is 5.25. The first-order chi connectivity index (χ1) is 13.2. The van der Waals surface area contributed by atoms with Crippen LogP contribution in [0.2, 0.25) is 0 Å². The SMILES string of the molecule is Cc1ccccc1CCNC(=O)C1CCN(c2nc3cccnc3s2)CC1. The highest BCUT2D eigenvalue weighted by atomic mass is 32.1. The van der Waals surface area contributed by atoms with E-state index in [1.807, 2.05) is 18.2 Å². The number of carbonyl (C=O) groups excluding carboxylic acids is 1. The molecule has 1 aliphatic heterocycles. The number of nitrogens with zero attached hydrogens (tertiary/aromatic N) is 3. The Kier molecular flexibility index (Phi) is 5.34. The Labute approximate surface area is 163 Å². The van der Waals surface area contributed by atoms with Gasteiger partial charge in [-0.3, -0.25) is 4.79 Å². The van der Waals surface area contributed by atoms with E-state index < -0.39 is 0 Å². The van der Waals surface area contributed by atoms with Gasteiger partial charge in [0.15, 0.2) is 5.13 Å². The first-order valence-electron chi connectivity index (χ1n) is 9.49. The molecular formula is C21H24N4OS. The lowest BCUT2D eigenvalue weighted by Crippen LogP contribution is -2.41. The topological polar surface area (TPSA) is 58.1 Å². The number of pyridine rings is 1. The van der Waals surface area contributed by atoms with Crippen LogP contribution in [0, 0.1) is 12.8 Å². The molecule has 1 fully saturated rings. The highest BCUT2D eigenvalue weighted by Crippen LogP contribution is 2.30. The molecule has 27 heavy (non-hydrogen) atoms. The van der Waals surface area contributed by atoms with Crippen molar-refractivity contribution in [3.63, 3.8) is 0 Å². The van der Waals surface area contributed by atoms with Crippen LogP contribution in [0.15, 0.2) is 42.6 Å². The molecule has 0 radical (unpaired) electrons. The van der Waals surface area contributed by atoms with Gasteiger partial charge in [0.25, 0.3) is 0 Å². The maximum atomic E-state index is 12.5. The monoisotopic (exact) mass is 380 g/mol. The van der Waals surface area contributed by atoms with Gasteiger partial charge >= 0.3 is 0 Å². The van der Waals surface area contributed by atoms with Crippen LogP contribution < -0.4 is 10.2 Å². The van der Waals surface area contributed by atoms with Gasteiger partial charge < -0.3 is 10.2 Å². The highest BCUT2D eigenvalue weighted by molar-refractivity contribution is 7.21. The van der Waals surface area contributed by atoms with E-state index in [0.29, 0.717) is 6.54 Å². The summed E-state index contributed by atoms with van der Waals surface area (Å²) in [6.45, 7) is 4.56. The Hall–Kier alpha value is -2.47. The number of thiazole rings is 1. The normalized spacial score (nSPS) is 15.2. The van der Waals surface area contributed by atoms with E-state index in [2.05, 4.69) is 45.3 Å². The molecule has 1 amide bonds. The fourth-order valence-electron chi connectivity index (χ4n) is 3.58. The van der Waals surface area contributed by atoms with Gasteiger partial charge in [0, 0.05) is 31.7 Å². The molecule has 2 aromatic heterocycles. The van der Waals surface area contributed by atoms with E-state index in [1.54, 1.807) is 17.5 Å². The van der Waals surface area contributed by atoms with Crippen LogP contribution in [-0.2, 0) is 11.2 Å². The lowest BCUT2D eigenvalue weighted by molar-refractivity contribution is -0.125. The van der Waals surface area contributed by atoms with Crippen LogP contribution in [0.25, 0.3) is 10.3 Å². The molecule has 1 N–H and O–H groups in total. The summed E-state index contributed by atoms with van der Waals surface area (Å²) in [6.07, 6.45) is 4.44. The Bertz CT molecular complexity index is 898. The molecule has 1 aliphatic rings. The van der Waals surface area contributed by atoms with Crippen LogP contribution >= 0.6 is 11.3 Å². The van der Waals surface area contributed by atoms with Crippen LogP contribution in [0.5, 0.6) is 0 Å². The molecule has 0 atom stereocenters. The molecule has 0 saturated carbocycles. The Morgan fingerprint density at radius 2 is 2.04 bits per heavy atom. The van der Waals surface area contributed by atoms with Gasteiger partial charge in [0.05, 0.1) is 0 Å². The zero-order valence-corrected chi connectivity index (χ0v) is 16.3. The molecule has 3 aromatic rings. The van der Waals surface area contributed by atoms with Crippen molar-refractivity contribution in [2.45, 2.75) is 26.2 Å². The summed E-state index contributed by atoms with van der Waals surface area (Å²) in [5.74, 6) is 0.292. The number of hydrogen-bond donors (Lipinski definition) is 1. The summed E-state index contributed by atoms with van der Waals surface area (Å²) in [4.78, 5) is 24.8. The molecule has 3 heterocycles. The third kappa shape index (κ3) is 4.11. The zero-order valence-electron chi connectivity index (χ0n) is 15.5. The first kappa shape index (κ1) is 17.9. The van der Waals surface area contributed by atoms with Crippen molar-refractivity contribution in [1.29, 1.82) is 0 Å². The van der Waals surface area contributed by atoms with Gasteiger partial charge in [-0.05, 0) is 49.4 Å². The number of rotatable bonds is 5. The maximum Gasteiger partial charge on any atom is 0.223 e. The van der Waals surface area contributed by atoms with Crippen LogP contribution in [0.3, 0.4) is 0 Å². The molecule has 0 spiro atoms. The van der Waals surface area contributed by atoms with Crippen LogP contribution in [-0.4, -0.2) is 35.5 Å². The number of anilines is 1. The molecule has 1 saturated heterocycles. The summed E-state index contributed by atoms with van der Waals surface area (Å²) in [5, 5.41) is 4.14. The second-order valence-electron chi connectivity index (χ2n) is 7.05. The molecule has 1 aromatic carbocycles. The minimum absolute atomic E-state index is 0.102. The minimum atomic E-state index is 0.102. The fraction of sp³-hybridized carbons (Fsp3) is 0.381. The van der Waals surface area contributed by atoms with Gasteiger partial charge in [-0.1, -0.05) is 35.6 Å². The van der Waals surface area contributed by atoms with Gasteiger partial charge in [-0.25, -0.2) is 9.97 Å². The van der Waals surface area contributed by atoms with E-state index in [9.17, 15) is 4.79 Å². The lowest BCUT2D eigenvalue weighted by Gasteiger charge is -2.31. The molecule has 4 rings (SSSR count). The van der Waals surface area contributed by atoms with Crippen molar-refractivity contribution in [3.05, 3.63) is 53.7 Å². The average molecular weight is 381 g/mol. The number of aromatic nitrogens is 2. The maximum absolute atomic E-state index is 12.5. The highest BCUT2D eigenvalue weighted by Gasteiger charge is 2.26. The third-order valence-corrected chi connectivity index (χ3v) is 6.29. The van der Waals surface area contributed by atoms with Crippen molar-refractivity contribution in [3.8, 4) is 0 Å². The summed E-state index contributed by atoms with van der Waals surface area (Å²) >= 11 is 1.63. The summed E-state index contributed by atoms with van der Waals surface area (Å²) in [6, 6.07) is 12.3. The van der Waals surface area contributed by atoms with E-state index >= 15 is 0 Å². The average Bonchev–Trinajstić information content (AvgIpc) is 3.14. The predicted octanol–water partition coefficient (Wildman–Crippen LogP) is 3.58. The van der Waals surface area contributed by atoms with Crippen LogP contribution in [0.4, 0.5) is 5.13 Å². The number of carbonyl (C=O) groups is 1. The van der Waals surface area contributed by atoms with Gasteiger partial charge in [0.2, 0.25) is 5.91 Å². The van der Waals surface area contributed by atoms with Gasteiger partial charge in [-0.15, -0.1) is 0 Å². The quantitative estimate of drug-likeness (QED) is 0.735. The molecule has 0 unspecified atom stereocenters. The molecular weight excluding hydrogens is 356 g/mol. The molecule has 5 nitrogen and oxygen atoms in total. The number of piperidine rings is 1. The second-order valence-corrected chi connectivity index (χ2v) is 8.01. The van der Waals surface area contributed by atoms with Crippen molar-refractivity contribution < 1.29 is 4.79 Å². The number of hydrogen-bond acceptors (Lipinski definition) is 5. The lowest BCUT2D eigenvalue weighted by atomic mass is 9.96. The smallest absolute Gasteiger partial charge is 0.223 e. The number of fused-ring (bicyclic) bond motifs is 1. The Morgan fingerprint density at radius 1 is 1.22 bits per heavy atom. The van der Waals surface area contributed by atoms with Crippen molar-refractivity contribution >= 4 is 32.7 Å². The molecule has 140 valence electrons. The van der Waals surface area contributed by atoms with Crippen LogP contribution in [0.1, 0.15) is 24.0 Å². The van der Waals surface area contributed by atoms with E-state index in [0.717, 1.165) is 47.8 Å². The molecule has 0 aliphatic carbocycles. The first-order valence-corrected chi connectivity index (χ1v) is 10.3. The van der Waals surface area contributed by atoms with Crippen molar-refractivity contribution in [2.75, 3.05) is 24.5 Å². The second kappa shape index (κ2) is 8.05.